The number of nitrogens with one attached hydrogen (secondary N) is 2. The molecule has 10 heteroatoms. The molecule has 27 heavy (non-hydrogen) atoms. The van der Waals surface area contributed by atoms with Gasteiger partial charge in [-0.1, -0.05) is 12.1 Å². The van der Waals surface area contributed by atoms with E-state index in [0.29, 0.717) is 25.6 Å². The smallest absolute Gasteiger partial charge is 0.238 e. The highest BCUT2D eigenvalue weighted by Gasteiger charge is 2.23. The summed E-state index contributed by atoms with van der Waals surface area (Å²) in [7, 11) is -3.69. The number of sulfonamides is 1. The molecule has 0 spiro atoms. The highest BCUT2D eigenvalue weighted by Crippen LogP contribution is 2.21. The van der Waals surface area contributed by atoms with Gasteiger partial charge in [0.1, 0.15) is 5.60 Å². The Labute approximate surface area is 181 Å². The van der Waals surface area contributed by atoms with Crippen molar-refractivity contribution >= 4 is 51.3 Å². The molecule has 5 N–H and O–H groups in total. The van der Waals surface area contributed by atoms with E-state index in [-0.39, 0.29) is 28.9 Å². The molecule has 0 amide bonds. The van der Waals surface area contributed by atoms with E-state index < -0.39 is 15.6 Å². The van der Waals surface area contributed by atoms with E-state index in [1.54, 1.807) is 19.1 Å². The molecule has 0 aliphatic heterocycles. The molecule has 0 aliphatic rings. The van der Waals surface area contributed by atoms with Gasteiger partial charge in [0.05, 0.1) is 18.0 Å². The number of aliphatic imine (C=N–C) groups is 1. The Bertz CT molecular complexity index is 836. The molecule has 1 atom stereocenters. The first kappa shape index (κ1) is 23.8. The highest BCUT2D eigenvalue weighted by molar-refractivity contribution is 14.0. The third-order valence-electron chi connectivity index (χ3n) is 3.76. The van der Waals surface area contributed by atoms with Crippen molar-refractivity contribution in [1.82, 2.24) is 10.6 Å². The van der Waals surface area contributed by atoms with Crippen molar-refractivity contribution in [2.45, 2.75) is 30.9 Å². The highest BCUT2D eigenvalue weighted by atomic mass is 127. The number of primary sulfonamides is 1. The van der Waals surface area contributed by atoms with Gasteiger partial charge in [-0.15, -0.1) is 24.0 Å². The fraction of sp³-hybridized carbons (Fsp3) is 0.353. The minimum atomic E-state index is -3.69. The lowest BCUT2D eigenvalue weighted by atomic mass is 9.99. The Hall–Kier alpha value is -1.21. The normalized spacial score (nSPS) is 14.1. The molecule has 1 heterocycles. The fourth-order valence-corrected chi connectivity index (χ4v) is 3.52. The second-order valence-corrected chi connectivity index (χ2v) is 8.37. The van der Waals surface area contributed by atoms with Gasteiger partial charge in [-0.25, -0.2) is 18.5 Å². The van der Waals surface area contributed by atoms with Gasteiger partial charge in [-0.05, 0) is 53.9 Å². The molecule has 150 valence electrons. The number of rotatable bonds is 7. The van der Waals surface area contributed by atoms with Crippen LogP contribution < -0.4 is 15.8 Å². The van der Waals surface area contributed by atoms with Gasteiger partial charge in [-0.3, -0.25) is 0 Å². The predicted octanol–water partition coefficient (Wildman–Crippen LogP) is 1.98. The second kappa shape index (κ2) is 10.4. The zero-order valence-electron chi connectivity index (χ0n) is 15.2. The summed E-state index contributed by atoms with van der Waals surface area (Å²) >= 11 is 1.54. The Morgan fingerprint density at radius 1 is 1.26 bits per heavy atom. The van der Waals surface area contributed by atoms with Crippen LogP contribution in [0.4, 0.5) is 0 Å². The molecule has 0 aliphatic carbocycles. The standard InChI is InChI=1S/C17H24N4O3S2.HI/c1-3-19-16(21-12-17(2,22)14-8-9-25-11-14)20-10-13-4-6-15(7-5-13)26(18,23)24;/h4-9,11,22H,3,10,12H2,1-2H3,(H2,18,23,24)(H2,19,20,21);1H. The lowest BCUT2D eigenvalue weighted by Gasteiger charge is -2.24. The molecule has 0 fully saturated rings. The van der Waals surface area contributed by atoms with Crippen molar-refractivity contribution in [1.29, 1.82) is 0 Å². The van der Waals surface area contributed by atoms with Gasteiger partial charge in [0.25, 0.3) is 0 Å². The molecule has 0 saturated heterocycles. The number of guanidine groups is 1. The van der Waals surface area contributed by atoms with Crippen LogP contribution in [0.15, 0.2) is 51.0 Å². The molecule has 2 rings (SSSR count). The number of nitrogens with two attached hydrogens (primary N) is 1. The number of thiophene rings is 1. The van der Waals surface area contributed by atoms with Crippen LogP contribution in [-0.2, 0) is 22.2 Å². The average Bonchev–Trinajstić information content (AvgIpc) is 3.12. The molecule has 0 bridgehead atoms. The predicted molar refractivity (Wildman–Crippen MR) is 120 cm³/mol. The quantitative estimate of drug-likeness (QED) is 0.251. The number of aliphatic hydroxyl groups is 1. The SMILES string of the molecule is CCNC(=NCc1ccc(S(N)(=O)=O)cc1)NCC(C)(O)c1ccsc1.I. The Morgan fingerprint density at radius 2 is 1.93 bits per heavy atom. The maximum absolute atomic E-state index is 11.3. The molecule has 1 aromatic carbocycles. The average molecular weight is 524 g/mol. The Kier molecular flexibility index (Phi) is 9.15. The van der Waals surface area contributed by atoms with Gasteiger partial charge >= 0.3 is 0 Å². The fourth-order valence-electron chi connectivity index (χ4n) is 2.23. The van der Waals surface area contributed by atoms with Crippen molar-refractivity contribution in [3.63, 3.8) is 0 Å². The minimum Gasteiger partial charge on any atom is -0.384 e. The van der Waals surface area contributed by atoms with Crippen LogP contribution in [0, 0.1) is 0 Å². The lowest BCUT2D eigenvalue weighted by Crippen LogP contribution is -2.44. The number of hydrogen-bond acceptors (Lipinski definition) is 5. The van der Waals surface area contributed by atoms with Gasteiger partial charge in [0, 0.05) is 6.54 Å². The van der Waals surface area contributed by atoms with Crippen molar-refractivity contribution < 1.29 is 13.5 Å². The van der Waals surface area contributed by atoms with Crippen LogP contribution in [0.3, 0.4) is 0 Å². The third kappa shape index (κ3) is 7.37. The summed E-state index contributed by atoms with van der Waals surface area (Å²) in [5.74, 6) is 0.568. The summed E-state index contributed by atoms with van der Waals surface area (Å²) < 4.78 is 22.6. The van der Waals surface area contributed by atoms with Gasteiger partial charge < -0.3 is 15.7 Å². The first-order valence-electron chi connectivity index (χ1n) is 8.11. The van der Waals surface area contributed by atoms with Gasteiger partial charge in [0.15, 0.2) is 5.96 Å². The Balaban J connectivity index is 0.00000364. The van der Waals surface area contributed by atoms with Crippen molar-refractivity contribution in [2.24, 2.45) is 10.1 Å². The van der Waals surface area contributed by atoms with E-state index in [1.807, 2.05) is 23.8 Å². The summed E-state index contributed by atoms with van der Waals surface area (Å²) in [5, 5.41) is 25.8. The first-order chi connectivity index (χ1) is 12.2. The van der Waals surface area contributed by atoms with Crippen molar-refractivity contribution in [3.05, 3.63) is 52.2 Å². The van der Waals surface area contributed by atoms with Crippen molar-refractivity contribution in [3.8, 4) is 0 Å². The Morgan fingerprint density at radius 3 is 2.44 bits per heavy atom. The van der Waals surface area contributed by atoms with E-state index in [4.69, 9.17) is 5.14 Å². The molecular weight excluding hydrogens is 499 g/mol. The summed E-state index contributed by atoms with van der Waals surface area (Å²) in [6.45, 7) is 5.05. The zero-order chi connectivity index (χ0) is 19.2. The second-order valence-electron chi connectivity index (χ2n) is 6.02. The number of benzene rings is 1. The number of halogens is 1. The molecule has 0 radical (unpaired) electrons. The van der Waals surface area contributed by atoms with Crippen molar-refractivity contribution in [2.75, 3.05) is 13.1 Å². The van der Waals surface area contributed by atoms with Crippen LogP contribution in [0.1, 0.15) is 25.0 Å². The van der Waals surface area contributed by atoms with E-state index in [2.05, 4.69) is 15.6 Å². The molecule has 7 nitrogen and oxygen atoms in total. The van der Waals surface area contributed by atoms with E-state index in [1.165, 1.54) is 23.5 Å². The maximum Gasteiger partial charge on any atom is 0.238 e. The zero-order valence-corrected chi connectivity index (χ0v) is 19.1. The largest absolute Gasteiger partial charge is 0.384 e. The monoisotopic (exact) mass is 524 g/mol. The lowest BCUT2D eigenvalue weighted by molar-refractivity contribution is 0.0621. The third-order valence-corrected chi connectivity index (χ3v) is 5.37. The van der Waals surface area contributed by atoms with Crippen LogP contribution >= 0.6 is 35.3 Å². The summed E-state index contributed by atoms with van der Waals surface area (Å²) in [5.41, 5.74) is 0.691. The summed E-state index contributed by atoms with van der Waals surface area (Å²) in [4.78, 5) is 4.54. The van der Waals surface area contributed by atoms with Crippen LogP contribution in [-0.4, -0.2) is 32.6 Å². The molecule has 1 unspecified atom stereocenters. The molecular formula is C17H25IN4O3S2. The molecule has 0 saturated carbocycles. The number of hydrogen-bond donors (Lipinski definition) is 4. The molecule has 2 aromatic rings. The molecule has 1 aromatic heterocycles. The van der Waals surface area contributed by atoms with Crippen LogP contribution in [0.25, 0.3) is 0 Å². The topological polar surface area (TPSA) is 117 Å². The summed E-state index contributed by atoms with van der Waals surface area (Å²) in [6.07, 6.45) is 0. The van der Waals surface area contributed by atoms with E-state index >= 15 is 0 Å². The van der Waals surface area contributed by atoms with E-state index in [9.17, 15) is 13.5 Å². The number of nitrogens with zero attached hydrogens (tertiary/aromatic N) is 1. The maximum atomic E-state index is 11.3. The first-order valence-corrected chi connectivity index (χ1v) is 10.6. The minimum absolute atomic E-state index is 0. The van der Waals surface area contributed by atoms with Gasteiger partial charge in [0.2, 0.25) is 10.0 Å². The van der Waals surface area contributed by atoms with Gasteiger partial charge in [-0.2, -0.15) is 11.3 Å². The summed E-state index contributed by atoms with van der Waals surface area (Å²) in [6, 6.07) is 8.16. The van der Waals surface area contributed by atoms with E-state index in [0.717, 1.165) is 11.1 Å². The van der Waals surface area contributed by atoms with Crippen LogP contribution in [0.5, 0.6) is 0 Å². The van der Waals surface area contributed by atoms with Crippen LogP contribution in [0.2, 0.25) is 0 Å².